The molecule has 3 aromatic rings. The van der Waals surface area contributed by atoms with Crippen LogP contribution in [0, 0.1) is 5.92 Å². The van der Waals surface area contributed by atoms with Crippen LogP contribution in [0.25, 0.3) is 23.1 Å². The molecule has 1 fully saturated rings. The molecule has 0 amide bonds. The normalized spacial score (nSPS) is 21.7. The Kier molecular flexibility index (Phi) is 6.13. The molecule has 3 atom stereocenters. The van der Waals surface area contributed by atoms with Crippen LogP contribution in [0.2, 0.25) is 0 Å². The second kappa shape index (κ2) is 9.22. The average molecular weight is 460 g/mol. The van der Waals surface area contributed by atoms with Gasteiger partial charge in [-0.2, -0.15) is 0 Å². The van der Waals surface area contributed by atoms with E-state index in [2.05, 4.69) is 37.0 Å². The third-order valence-electron chi connectivity index (χ3n) is 7.12. The van der Waals surface area contributed by atoms with Gasteiger partial charge in [-0.1, -0.05) is 23.8 Å². The van der Waals surface area contributed by atoms with Crippen molar-refractivity contribution >= 4 is 23.1 Å². The van der Waals surface area contributed by atoms with Crippen LogP contribution in [0.15, 0.2) is 42.1 Å². The highest BCUT2D eigenvalue weighted by Gasteiger charge is 2.36. The number of aliphatic hydroxyl groups excluding tert-OH is 1. The number of methoxy groups -OCH3 is 1. The van der Waals surface area contributed by atoms with Gasteiger partial charge in [0.1, 0.15) is 23.4 Å². The fourth-order valence-electron chi connectivity index (χ4n) is 5.30. The van der Waals surface area contributed by atoms with E-state index in [0.29, 0.717) is 12.3 Å². The highest BCUT2D eigenvalue weighted by molar-refractivity contribution is 5.92. The minimum Gasteiger partial charge on any atom is -0.507 e. The largest absolute Gasteiger partial charge is 0.507 e. The minimum absolute atomic E-state index is 0.0629. The zero-order valence-electron chi connectivity index (χ0n) is 20.1. The Hall–Kier alpha value is -3.18. The number of phenolic OH excluding ortho intramolecular Hbond substituents is 1. The Morgan fingerprint density at radius 3 is 2.71 bits per heavy atom. The van der Waals surface area contributed by atoms with Crippen molar-refractivity contribution in [1.29, 1.82) is 0 Å². The number of rotatable bonds is 5. The van der Waals surface area contributed by atoms with Gasteiger partial charge in [-0.15, -0.1) is 0 Å². The molecule has 34 heavy (non-hydrogen) atoms. The lowest BCUT2D eigenvalue weighted by molar-refractivity contribution is 0.00536. The van der Waals surface area contributed by atoms with Crippen molar-refractivity contribution < 1.29 is 19.7 Å². The van der Waals surface area contributed by atoms with Crippen molar-refractivity contribution in [3.8, 4) is 17.2 Å². The van der Waals surface area contributed by atoms with Gasteiger partial charge < -0.3 is 24.7 Å². The van der Waals surface area contributed by atoms with E-state index in [1.807, 2.05) is 24.4 Å². The number of benzene rings is 2. The number of nitrogens with one attached hydrogen (secondary N) is 1. The number of allylic oxidation sites excluding steroid dienone is 2. The zero-order chi connectivity index (χ0) is 23.8. The molecule has 178 valence electrons. The highest BCUT2D eigenvalue weighted by Crippen LogP contribution is 2.43. The molecule has 1 aromatic heterocycles. The minimum atomic E-state index is -0.272. The predicted molar refractivity (Wildman–Crippen MR) is 136 cm³/mol. The van der Waals surface area contributed by atoms with Crippen LogP contribution in [0.3, 0.4) is 0 Å². The monoisotopic (exact) mass is 459 g/mol. The summed E-state index contributed by atoms with van der Waals surface area (Å²) in [5.41, 5.74) is 6.27. The maximum absolute atomic E-state index is 10.7. The van der Waals surface area contributed by atoms with Gasteiger partial charge >= 0.3 is 0 Å². The van der Waals surface area contributed by atoms with E-state index in [1.165, 1.54) is 5.57 Å². The van der Waals surface area contributed by atoms with Gasteiger partial charge in [-0.05, 0) is 80.5 Å². The van der Waals surface area contributed by atoms with Gasteiger partial charge in [0.2, 0.25) is 0 Å². The fraction of sp³-hybridized carbons (Fsp3) is 0.379. The van der Waals surface area contributed by atoms with E-state index in [4.69, 9.17) is 9.47 Å². The SMILES string of the molecule is COc1cc(/C=C/c2cc(O)c3c(CC=C(C)C)c[nH]c3c2)cc2c1C[C@@H]1CC[C@@H](O)C[C@H]1O2. The van der Waals surface area contributed by atoms with Gasteiger partial charge in [-0.25, -0.2) is 0 Å². The van der Waals surface area contributed by atoms with Crippen molar-refractivity contribution in [1.82, 2.24) is 4.98 Å². The topological polar surface area (TPSA) is 74.7 Å². The lowest BCUT2D eigenvalue weighted by Gasteiger charge is -2.39. The lowest BCUT2D eigenvalue weighted by Crippen LogP contribution is -2.40. The Morgan fingerprint density at radius 1 is 1.15 bits per heavy atom. The van der Waals surface area contributed by atoms with Crippen molar-refractivity contribution in [3.05, 3.63) is 64.4 Å². The summed E-state index contributed by atoms with van der Waals surface area (Å²) < 4.78 is 12.0. The van der Waals surface area contributed by atoms with E-state index < -0.39 is 0 Å². The number of ether oxygens (including phenoxy) is 2. The first-order valence-electron chi connectivity index (χ1n) is 12.1. The van der Waals surface area contributed by atoms with Crippen LogP contribution in [-0.2, 0) is 12.8 Å². The van der Waals surface area contributed by atoms with E-state index in [-0.39, 0.29) is 18.0 Å². The number of hydrogen-bond acceptors (Lipinski definition) is 4. The second-order valence-corrected chi connectivity index (χ2v) is 9.88. The van der Waals surface area contributed by atoms with Crippen LogP contribution in [0.4, 0.5) is 0 Å². The molecule has 2 aliphatic rings. The van der Waals surface area contributed by atoms with Crippen molar-refractivity contribution in [2.45, 2.75) is 58.2 Å². The third-order valence-corrected chi connectivity index (χ3v) is 7.12. The molecule has 5 heteroatoms. The summed E-state index contributed by atoms with van der Waals surface area (Å²) in [5.74, 6) is 2.40. The summed E-state index contributed by atoms with van der Waals surface area (Å²) in [5, 5.41) is 21.7. The summed E-state index contributed by atoms with van der Waals surface area (Å²) in [6.45, 7) is 4.16. The number of aromatic hydroxyl groups is 1. The van der Waals surface area contributed by atoms with Crippen molar-refractivity contribution in [2.24, 2.45) is 5.92 Å². The molecule has 0 saturated heterocycles. The zero-order valence-corrected chi connectivity index (χ0v) is 20.1. The Labute approximate surface area is 200 Å². The lowest BCUT2D eigenvalue weighted by atomic mass is 9.79. The summed E-state index contributed by atoms with van der Waals surface area (Å²) in [6.07, 6.45) is 12.2. The van der Waals surface area contributed by atoms with Crippen molar-refractivity contribution in [2.75, 3.05) is 7.11 Å². The van der Waals surface area contributed by atoms with Crippen molar-refractivity contribution in [3.63, 3.8) is 0 Å². The van der Waals surface area contributed by atoms with Gasteiger partial charge in [-0.3, -0.25) is 0 Å². The number of phenols is 1. The number of aliphatic hydroxyl groups is 1. The Morgan fingerprint density at radius 2 is 1.94 bits per heavy atom. The first-order valence-corrected chi connectivity index (χ1v) is 12.1. The van der Waals surface area contributed by atoms with E-state index in [1.54, 1.807) is 13.2 Å². The van der Waals surface area contributed by atoms with Gasteiger partial charge in [0.15, 0.2) is 0 Å². The molecule has 2 heterocycles. The smallest absolute Gasteiger partial charge is 0.127 e. The molecule has 0 unspecified atom stereocenters. The second-order valence-electron chi connectivity index (χ2n) is 9.88. The summed E-state index contributed by atoms with van der Waals surface area (Å²) in [6, 6.07) is 7.95. The molecule has 5 rings (SSSR count). The Balaban J connectivity index is 1.42. The van der Waals surface area contributed by atoms with E-state index in [9.17, 15) is 10.2 Å². The number of hydrogen-bond donors (Lipinski definition) is 3. The standard InChI is InChI=1S/C29H33NO4/c1-17(2)4-7-21-16-30-24-10-18(11-25(32)29(21)24)5-6-19-12-27(33-3)23-14-20-8-9-22(31)15-26(20)34-28(23)13-19/h4-6,10-13,16,20,22,26,30-32H,7-9,14-15H2,1-3H3/b6-5+/t20-,22+,26+/m0/s1. The van der Waals surface area contributed by atoms with Crippen LogP contribution in [0.1, 0.15) is 55.4 Å². The predicted octanol–water partition coefficient (Wildman–Crippen LogP) is 6.03. The van der Waals surface area contributed by atoms with Gasteiger partial charge in [0.05, 0.1) is 13.2 Å². The molecule has 1 saturated carbocycles. The van der Waals surface area contributed by atoms with E-state index >= 15 is 0 Å². The van der Waals surface area contributed by atoms with E-state index in [0.717, 1.165) is 70.3 Å². The number of aromatic amines is 1. The Bertz CT molecular complexity index is 1260. The molecule has 3 N–H and O–H groups in total. The van der Waals surface area contributed by atoms with Gasteiger partial charge in [0.25, 0.3) is 0 Å². The van der Waals surface area contributed by atoms with Crippen LogP contribution < -0.4 is 9.47 Å². The molecular weight excluding hydrogens is 426 g/mol. The summed E-state index contributed by atoms with van der Waals surface area (Å²) in [7, 11) is 1.70. The molecule has 1 aliphatic heterocycles. The number of aromatic nitrogens is 1. The fourth-order valence-corrected chi connectivity index (χ4v) is 5.30. The summed E-state index contributed by atoms with van der Waals surface area (Å²) in [4.78, 5) is 3.30. The molecular formula is C29H33NO4. The van der Waals surface area contributed by atoms with Crippen LogP contribution >= 0.6 is 0 Å². The van der Waals surface area contributed by atoms with Gasteiger partial charge in [0, 0.05) is 35.0 Å². The maximum atomic E-state index is 10.7. The van der Waals surface area contributed by atoms with Crippen LogP contribution in [0.5, 0.6) is 17.2 Å². The maximum Gasteiger partial charge on any atom is 0.127 e. The quantitative estimate of drug-likeness (QED) is 0.322. The van der Waals surface area contributed by atoms with Crippen LogP contribution in [-0.4, -0.2) is 34.5 Å². The molecule has 5 nitrogen and oxygen atoms in total. The number of H-pyrrole nitrogens is 1. The molecule has 1 aliphatic carbocycles. The summed E-state index contributed by atoms with van der Waals surface area (Å²) >= 11 is 0. The first-order chi connectivity index (χ1) is 16.4. The molecule has 0 bridgehead atoms. The molecule has 2 aromatic carbocycles. The molecule has 0 radical (unpaired) electrons. The molecule has 0 spiro atoms. The highest BCUT2D eigenvalue weighted by atomic mass is 16.5. The average Bonchev–Trinajstić information content (AvgIpc) is 3.23. The first kappa shape index (κ1) is 22.6. The third kappa shape index (κ3) is 4.45. The number of fused-ring (bicyclic) bond motifs is 3.